The van der Waals surface area contributed by atoms with Crippen molar-refractivity contribution in [2.24, 2.45) is 0 Å². The molecule has 0 spiro atoms. The fraction of sp³-hybridized carbons (Fsp3) is 0.400. The number of carbonyl (C=O) groups excluding carboxylic acids is 2. The zero-order valence-corrected chi connectivity index (χ0v) is 5.26. The van der Waals surface area contributed by atoms with E-state index < -0.39 is 0 Å². The van der Waals surface area contributed by atoms with E-state index in [0.29, 0.717) is 6.41 Å². The molecule has 0 aromatic heterocycles. The Morgan fingerprint density at radius 1 is 1.70 bits per heavy atom. The number of rotatable bonds is 4. The molecular weight excluding hydrogens is 134 g/mol. The van der Waals surface area contributed by atoms with Crippen LogP contribution in [0.3, 0.4) is 0 Å². The summed E-state index contributed by atoms with van der Waals surface area (Å²) >= 11 is 0. The molecule has 0 aliphatic carbocycles. The van der Waals surface area contributed by atoms with E-state index in [1.807, 2.05) is 0 Å². The maximum absolute atomic E-state index is 10.5. The van der Waals surface area contributed by atoms with Crippen LogP contribution >= 0.6 is 0 Å². The minimum atomic E-state index is -0.367. The molecule has 0 bridgehead atoms. The Morgan fingerprint density at radius 3 is 2.90 bits per heavy atom. The molecule has 0 fully saturated rings. The Morgan fingerprint density at radius 2 is 2.40 bits per heavy atom. The molecule has 0 rings (SSSR count). The fourth-order valence-corrected chi connectivity index (χ4v) is 0.335. The second kappa shape index (κ2) is 5.56. The molecule has 5 nitrogen and oxygen atoms in total. The molecule has 0 aliphatic rings. The minimum Gasteiger partial charge on any atom is -0.350 e. The Balaban J connectivity index is 3.27. The van der Waals surface area contributed by atoms with Crippen molar-refractivity contribution in [2.45, 2.75) is 0 Å². The van der Waals surface area contributed by atoms with Crippen molar-refractivity contribution in [3.8, 4) is 6.07 Å². The molecule has 0 atom stereocenters. The monoisotopic (exact) mass is 141 g/mol. The van der Waals surface area contributed by atoms with E-state index in [2.05, 4.69) is 10.6 Å². The highest BCUT2D eigenvalue weighted by atomic mass is 16.2. The van der Waals surface area contributed by atoms with Crippen molar-refractivity contribution in [3.63, 3.8) is 0 Å². The summed E-state index contributed by atoms with van der Waals surface area (Å²) in [5, 5.41) is 12.4. The van der Waals surface area contributed by atoms with Gasteiger partial charge in [0.05, 0.1) is 12.6 Å². The van der Waals surface area contributed by atoms with Crippen molar-refractivity contribution in [1.29, 1.82) is 5.26 Å². The largest absolute Gasteiger partial charge is 0.350 e. The first kappa shape index (κ1) is 8.43. The van der Waals surface area contributed by atoms with Crippen LogP contribution in [0.4, 0.5) is 0 Å². The highest BCUT2D eigenvalue weighted by molar-refractivity contribution is 5.79. The van der Waals surface area contributed by atoms with Gasteiger partial charge in [-0.25, -0.2) is 0 Å². The topological polar surface area (TPSA) is 82.0 Å². The minimum absolute atomic E-state index is 0.0284. The van der Waals surface area contributed by atoms with Crippen LogP contribution in [0.5, 0.6) is 0 Å². The number of nitrogens with zero attached hydrogens (tertiary/aromatic N) is 1. The van der Waals surface area contributed by atoms with Crippen molar-refractivity contribution < 1.29 is 9.59 Å². The van der Waals surface area contributed by atoms with Gasteiger partial charge in [0.15, 0.2) is 0 Å². The van der Waals surface area contributed by atoms with Crippen LogP contribution < -0.4 is 10.6 Å². The molecule has 0 unspecified atom stereocenters. The Bertz CT molecular complexity index is 161. The quantitative estimate of drug-likeness (QED) is 0.364. The molecule has 54 valence electrons. The third-order valence-corrected chi connectivity index (χ3v) is 0.711. The lowest BCUT2D eigenvalue weighted by atomic mass is 10.5. The van der Waals surface area contributed by atoms with Gasteiger partial charge in [-0.1, -0.05) is 0 Å². The summed E-state index contributed by atoms with van der Waals surface area (Å²) in [7, 11) is 0. The lowest BCUT2D eigenvalue weighted by molar-refractivity contribution is -0.121. The van der Waals surface area contributed by atoms with Crippen molar-refractivity contribution in [3.05, 3.63) is 0 Å². The number of nitriles is 1. The normalized spacial score (nSPS) is 7.50. The number of carbonyl (C=O) groups is 2. The Hall–Kier alpha value is -1.57. The maximum Gasteiger partial charge on any atom is 0.240 e. The first-order valence-electron chi connectivity index (χ1n) is 2.62. The fourth-order valence-electron chi connectivity index (χ4n) is 0.335. The van der Waals surface area contributed by atoms with Crippen LogP contribution in [0.1, 0.15) is 0 Å². The second-order valence-corrected chi connectivity index (χ2v) is 1.43. The van der Waals surface area contributed by atoms with Crippen LogP contribution in [-0.2, 0) is 9.59 Å². The Kier molecular flexibility index (Phi) is 4.69. The zero-order valence-electron chi connectivity index (χ0n) is 5.26. The van der Waals surface area contributed by atoms with Gasteiger partial charge in [0.1, 0.15) is 6.54 Å². The molecule has 0 radical (unpaired) electrons. The molecule has 2 amide bonds. The van der Waals surface area contributed by atoms with Crippen LogP contribution in [0, 0.1) is 11.3 Å². The van der Waals surface area contributed by atoms with Crippen molar-refractivity contribution in [2.75, 3.05) is 13.1 Å². The summed E-state index contributed by atoms with van der Waals surface area (Å²) in [4.78, 5) is 20.1. The van der Waals surface area contributed by atoms with E-state index in [9.17, 15) is 9.59 Å². The molecular formula is C5H7N3O2. The average molecular weight is 141 g/mol. The molecule has 10 heavy (non-hydrogen) atoms. The summed E-state index contributed by atoms with van der Waals surface area (Å²) in [6, 6.07) is 1.73. The smallest absolute Gasteiger partial charge is 0.240 e. The summed E-state index contributed by atoms with van der Waals surface area (Å²) in [6.45, 7) is -0.107. The number of hydrogen-bond acceptors (Lipinski definition) is 3. The highest BCUT2D eigenvalue weighted by Gasteiger charge is 1.95. The summed E-state index contributed by atoms with van der Waals surface area (Å²) in [5.41, 5.74) is 0. The lowest BCUT2D eigenvalue weighted by Crippen LogP contribution is -2.33. The van der Waals surface area contributed by atoms with Crippen molar-refractivity contribution in [1.82, 2.24) is 10.6 Å². The molecule has 0 aromatic rings. The SMILES string of the molecule is N#CCNC(=O)CNC=O. The second-order valence-electron chi connectivity index (χ2n) is 1.43. The average Bonchev–Trinajstić information content (AvgIpc) is 1.97. The van der Waals surface area contributed by atoms with Gasteiger partial charge in [-0.15, -0.1) is 0 Å². The number of nitrogens with one attached hydrogen (secondary N) is 2. The number of amides is 2. The summed E-state index contributed by atoms with van der Waals surface area (Å²) in [6.07, 6.45) is 0.423. The van der Waals surface area contributed by atoms with Gasteiger partial charge in [-0.05, 0) is 0 Å². The van der Waals surface area contributed by atoms with Gasteiger partial charge in [0, 0.05) is 0 Å². The maximum atomic E-state index is 10.5. The highest BCUT2D eigenvalue weighted by Crippen LogP contribution is 1.59. The van der Waals surface area contributed by atoms with Gasteiger partial charge in [0.25, 0.3) is 0 Å². The summed E-state index contributed by atoms with van der Waals surface area (Å²) < 4.78 is 0. The molecule has 0 saturated heterocycles. The van der Waals surface area contributed by atoms with E-state index in [-0.39, 0.29) is 19.0 Å². The van der Waals surface area contributed by atoms with Crippen LogP contribution in [0.25, 0.3) is 0 Å². The first-order valence-corrected chi connectivity index (χ1v) is 2.62. The van der Waals surface area contributed by atoms with E-state index in [0.717, 1.165) is 0 Å². The van der Waals surface area contributed by atoms with E-state index >= 15 is 0 Å². The first-order chi connectivity index (χ1) is 4.81. The molecule has 0 heterocycles. The van der Waals surface area contributed by atoms with E-state index in [1.54, 1.807) is 6.07 Å². The third-order valence-electron chi connectivity index (χ3n) is 0.711. The molecule has 5 heteroatoms. The van der Waals surface area contributed by atoms with Crippen LogP contribution in [-0.4, -0.2) is 25.4 Å². The predicted molar refractivity (Wildman–Crippen MR) is 32.7 cm³/mol. The van der Waals surface area contributed by atoms with Crippen LogP contribution in [0.2, 0.25) is 0 Å². The van der Waals surface area contributed by atoms with E-state index in [4.69, 9.17) is 5.26 Å². The van der Waals surface area contributed by atoms with Crippen molar-refractivity contribution >= 4 is 12.3 Å². The Labute approximate surface area is 58.0 Å². The molecule has 0 aromatic carbocycles. The van der Waals surface area contributed by atoms with Gasteiger partial charge in [-0.2, -0.15) is 5.26 Å². The van der Waals surface area contributed by atoms with Gasteiger partial charge >= 0.3 is 0 Å². The number of hydrogen-bond donors (Lipinski definition) is 2. The zero-order chi connectivity index (χ0) is 7.82. The van der Waals surface area contributed by atoms with Gasteiger partial charge in [-0.3, -0.25) is 9.59 Å². The standard InChI is InChI=1S/C5H7N3O2/c6-1-2-8-5(10)3-7-4-9/h4H,2-3H2,(H,7,9)(H,8,10). The van der Waals surface area contributed by atoms with Gasteiger partial charge < -0.3 is 10.6 Å². The molecule has 2 N–H and O–H groups in total. The molecule has 0 aliphatic heterocycles. The van der Waals surface area contributed by atoms with Gasteiger partial charge in [0.2, 0.25) is 12.3 Å². The van der Waals surface area contributed by atoms with Crippen LogP contribution in [0.15, 0.2) is 0 Å². The lowest BCUT2D eigenvalue weighted by Gasteiger charge is -1.96. The molecule has 0 saturated carbocycles. The third kappa shape index (κ3) is 4.59. The van der Waals surface area contributed by atoms with E-state index in [1.165, 1.54) is 0 Å². The predicted octanol–water partition coefficient (Wildman–Crippen LogP) is -1.63. The summed E-state index contributed by atoms with van der Waals surface area (Å²) in [5.74, 6) is -0.367.